The summed E-state index contributed by atoms with van der Waals surface area (Å²) in [6, 6.07) is 11.6. The van der Waals surface area contributed by atoms with Crippen LogP contribution in [0.2, 0.25) is 5.02 Å². The molecule has 0 unspecified atom stereocenters. The van der Waals surface area contributed by atoms with Crippen LogP contribution in [0.15, 0.2) is 47.8 Å². The van der Waals surface area contributed by atoms with E-state index >= 15 is 0 Å². The van der Waals surface area contributed by atoms with Gasteiger partial charge in [0.15, 0.2) is 0 Å². The Morgan fingerprint density at radius 1 is 1.15 bits per heavy atom. The first-order valence-electron chi connectivity index (χ1n) is 11.6. The maximum Gasteiger partial charge on any atom is 0.225 e. The zero-order chi connectivity index (χ0) is 22.8. The van der Waals surface area contributed by atoms with Gasteiger partial charge in [0.1, 0.15) is 17.2 Å². The second kappa shape index (κ2) is 9.21. The van der Waals surface area contributed by atoms with Crippen LogP contribution in [-0.4, -0.2) is 60.4 Å². The van der Waals surface area contributed by atoms with E-state index in [-0.39, 0.29) is 17.4 Å². The number of oxime groups is 1. The minimum absolute atomic E-state index is 0.0603. The zero-order valence-corrected chi connectivity index (χ0v) is 19.6. The summed E-state index contributed by atoms with van der Waals surface area (Å²) in [5, 5.41) is 5.06. The molecule has 0 bridgehead atoms. The molecule has 0 N–H and O–H groups in total. The summed E-state index contributed by atoms with van der Waals surface area (Å²) in [4.78, 5) is 27.7. The summed E-state index contributed by atoms with van der Waals surface area (Å²) in [6.45, 7) is 2.90. The lowest BCUT2D eigenvalue weighted by molar-refractivity contribution is -0.139. The molecule has 0 atom stereocenters. The van der Waals surface area contributed by atoms with Gasteiger partial charge in [-0.05, 0) is 49.9 Å². The monoisotopic (exact) mass is 468 g/mol. The number of nitrogens with zero attached hydrogens (tertiary/aromatic N) is 4. The van der Waals surface area contributed by atoms with E-state index in [0.29, 0.717) is 18.1 Å². The topological polar surface area (TPSA) is 67.3 Å². The van der Waals surface area contributed by atoms with Gasteiger partial charge in [0.25, 0.3) is 0 Å². The van der Waals surface area contributed by atoms with Crippen molar-refractivity contribution in [1.82, 2.24) is 9.88 Å². The third-order valence-electron chi connectivity index (χ3n) is 7.12. The summed E-state index contributed by atoms with van der Waals surface area (Å²) in [7, 11) is 1.67. The maximum atomic E-state index is 13.2. The molecule has 1 spiro atoms. The third-order valence-corrected chi connectivity index (χ3v) is 7.41. The lowest BCUT2D eigenvalue weighted by atomic mass is 9.75. The van der Waals surface area contributed by atoms with Crippen LogP contribution in [0.5, 0.6) is 5.75 Å². The molecule has 1 aromatic heterocycles. The molecule has 174 valence electrons. The summed E-state index contributed by atoms with van der Waals surface area (Å²) in [6.07, 6.45) is 5.92. The van der Waals surface area contributed by atoms with E-state index in [0.717, 1.165) is 68.0 Å². The van der Waals surface area contributed by atoms with E-state index in [1.54, 1.807) is 13.3 Å². The molecular formula is C25H29ClN4O3. The Hall–Kier alpha value is -2.80. The first-order valence-corrected chi connectivity index (χ1v) is 12.0. The highest BCUT2D eigenvalue weighted by Crippen LogP contribution is 2.42. The molecule has 0 radical (unpaired) electrons. The van der Waals surface area contributed by atoms with Gasteiger partial charge in [0.05, 0.1) is 17.8 Å². The van der Waals surface area contributed by atoms with Gasteiger partial charge in [-0.1, -0.05) is 28.9 Å². The van der Waals surface area contributed by atoms with Crippen LogP contribution in [0, 0.1) is 5.92 Å². The number of halogens is 1. The molecule has 2 fully saturated rings. The smallest absolute Gasteiger partial charge is 0.225 e. The van der Waals surface area contributed by atoms with E-state index < -0.39 is 0 Å². The van der Waals surface area contributed by atoms with E-state index in [4.69, 9.17) is 21.2 Å². The fourth-order valence-electron chi connectivity index (χ4n) is 5.14. The van der Waals surface area contributed by atoms with Crippen molar-refractivity contribution >= 4 is 29.0 Å². The highest BCUT2D eigenvalue weighted by molar-refractivity contribution is 6.32. The van der Waals surface area contributed by atoms with Crippen molar-refractivity contribution in [2.24, 2.45) is 11.1 Å². The highest BCUT2D eigenvalue weighted by Gasteiger charge is 2.44. The van der Waals surface area contributed by atoms with Crippen molar-refractivity contribution in [3.8, 4) is 5.75 Å². The number of carbonyl (C=O) groups excluding carboxylic acids is 1. The van der Waals surface area contributed by atoms with E-state index in [9.17, 15) is 4.79 Å². The Balaban J connectivity index is 1.13. The number of methoxy groups -OCH3 is 1. The van der Waals surface area contributed by atoms with Gasteiger partial charge in [-0.3, -0.25) is 4.79 Å². The van der Waals surface area contributed by atoms with Gasteiger partial charge in [-0.15, -0.1) is 0 Å². The van der Waals surface area contributed by atoms with Gasteiger partial charge in [0, 0.05) is 50.3 Å². The molecule has 1 saturated carbocycles. The fraction of sp³-hybridized carbons (Fsp3) is 0.480. The molecule has 1 aliphatic carbocycles. The van der Waals surface area contributed by atoms with Crippen molar-refractivity contribution in [3.63, 3.8) is 0 Å². The first kappa shape index (κ1) is 22.0. The number of aromatic nitrogens is 1. The lowest BCUT2D eigenvalue weighted by Gasteiger charge is -2.40. The number of benzene rings is 1. The van der Waals surface area contributed by atoms with Crippen LogP contribution >= 0.6 is 11.6 Å². The van der Waals surface area contributed by atoms with Gasteiger partial charge in [-0.25, -0.2) is 4.98 Å². The third kappa shape index (κ3) is 4.51. The molecule has 1 saturated heterocycles. The minimum atomic E-state index is -0.274. The number of carbonyl (C=O) groups is 1. The number of amides is 1. The number of piperazine rings is 1. The van der Waals surface area contributed by atoms with E-state index in [1.807, 2.05) is 41.3 Å². The molecule has 3 heterocycles. The van der Waals surface area contributed by atoms with Crippen molar-refractivity contribution < 1.29 is 14.4 Å². The largest absolute Gasteiger partial charge is 0.497 e. The van der Waals surface area contributed by atoms with Crippen molar-refractivity contribution in [2.45, 2.75) is 37.7 Å². The van der Waals surface area contributed by atoms with Crippen LogP contribution in [0.3, 0.4) is 0 Å². The second-order valence-corrected chi connectivity index (χ2v) is 9.52. The van der Waals surface area contributed by atoms with E-state index in [2.05, 4.69) is 15.0 Å². The Labute approximate surface area is 199 Å². The molecule has 3 aliphatic rings. The average molecular weight is 469 g/mol. The molecule has 7 nitrogen and oxygen atoms in total. The Morgan fingerprint density at radius 3 is 2.67 bits per heavy atom. The number of ether oxygens (including phenoxy) is 1. The average Bonchev–Trinajstić information content (AvgIpc) is 3.28. The van der Waals surface area contributed by atoms with Gasteiger partial charge in [-0.2, -0.15) is 0 Å². The molecule has 5 rings (SSSR count). The normalized spacial score (nSPS) is 25.0. The number of anilines is 1. The Bertz CT molecular complexity index is 1040. The zero-order valence-electron chi connectivity index (χ0n) is 18.9. The van der Waals surface area contributed by atoms with Gasteiger partial charge < -0.3 is 19.4 Å². The van der Waals surface area contributed by atoms with Crippen LogP contribution in [0.25, 0.3) is 0 Å². The predicted molar refractivity (Wildman–Crippen MR) is 128 cm³/mol. The SMILES string of the molecule is COc1cccc(C2=NOC3(CCC(C(=O)N4CCN(c5ncccc5Cl)CC4)CC3)C2)c1. The summed E-state index contributed by atoms with van der Waals surface area (Å²) in [5.41, 5.74) is 1.72. The number of hydrogen-bond acceptors (Lipinski definition) is 6. The fourth-order valence-corrected chi connectivity index (χ4v) is 5.39. The lowest BCUT2D eigenvalue weighted by Crippen LogP contribution is -2.51. The van der Waals surface area contributed by atoms with Crippen LogP contribution in [0.1, 0.15) is 37.7 Å². The minimum Gasteiger partial charge on any atom is -0.497 e. The molecule has 1 aromatic carbocycles. The van der Waals surface area contributed by atoms with Gasteiger partial charge in [0.2, 0.25) is 5.91 Å². The van der Waals surface area contributed by atoms with Crippen molar-refractivity contribution in [3.05, 3.63) is 53.2 Å². The molecule has 8 heteroatoms. The number of rotatable bonds is 4. The first-order chi connectivity index (χ1) is 16.1. The Kier molecular flexibility index (Phi) is 6.15. The van der Waals surface area contributed by atoms with Crippen molar-refractivity contribution in [1.29, 1.82) is 0 Å². The molecule has 2 aromatic rings. The van der Waals surface area contributed by atoms with Gasteiger partial charge >= 0.3 is 0 Å². The number of hydrogen-bond donors (Lipinski definition) is 0. The highest BCUT2D eigenvalue weighted by atomic mass is 35.5. The predicted octanol–water partition coefficient (Wildman–Crippen LogP) is 4.15. The molecule has 33 heavy (non-hydrogen) atoms. The van der Waals surface area contributed by atoms with Crippen LogP contribution in [-0.2, 0) is 9.63 Å². The molecule has 2 aliphatic heterocycles. The Morgan fingerprint density at radius 2 is 1.94 bits per heavy atom. The molecule has 1 amide bonds. The van der Waals surface area contributed by atoms with Crippen LogP contribution in [0.4, 0.5) is 5.82 Å². The van der Waals surface area contributed by atoms with E-state index in [1.165, 1.54) is 0 Å². The maximum absolute atomic E-state index is 13.2. The summed E-state index contributed by atoms with van der Waals surface area (Å²) < 4.78 is 5.34. The summed E-state index contributed by atoms with van der Waals surface area (Å²) >= 11 is 6.29. The molecular weight excluding hydrogens is 440 g/mol. The quantitative estimate of drug-likeness (QED) is 0.674. The van der Waals surface area contributed by atoms with Crippen molar-refractivity contribution in [2.75, 3.05) is 38.2 Å². The standard InChI is InChI=1S/C25H29ClN4O3/c1-32-20-5-2-4-19(16-20)22-17-25(33-28-22)9-7-18(8-10-25)24(31)30-14-12-29(13-15-30)23-21(26)6-3-11-27-23/h2-6,11,16,18H,7-10,12-15,17H2,1H3. The number of pyridine rings is 1. The second-order valence-electron chi connectivity index (χ2n) is 9.12. The van der Waals surface area contributed by atoms with Crippen LogP contribution < -0.4 is 9.64 Å². The summed E-state index contributed by atoms with van der Waals surface area (Å²) in [5.74, 6) is 1.95.